The second kappa shape index (κ2) is 12.5. The zero-order valence-electron chi connectivity index (χ0n) is 22.5. The van der Waals surface area contributed by atoms with E-state index < -0.39 is 60.3 Å². The van der Waals surface area contributed by atoms with Gasteiger partial charge in [-0.1, -0.05) is 54.6 Å². The summed E-state index contributed by atoms with van der Waals surface area (Å²) in [5, 5.41) is 31.0. The minimum atomic E-state index is -4.94. The zero-order chi connectivity index (χ0) is 31.5. The van der Waals surface area contributed by atoms with Gasteiger partial charge in [-0.3, -0.25) is 10.1 Å². The fourth-order valence-electron chi connectivity index (χ4n) is 5.28. The molecule has 4 N–H and O–H groups in total. The van der Waals surface area contributed by atoms with Crippen LogP contribution in [0, 0.1) is 40.3 Å². The number of aliphatic hydroxyl groups is 1. The van der Waals surface area contributed by atoms with Crippen LogP contribution < -0.4 is 11.1 Å². The summed E-state index contributed by atoms with van der Waals surface area (Å²) in [5.41, 5.74) is 4.17. The third kappa shape index (κ3) is 6.66. The van der Waals surface area contributed by atoms with Gasteiger partial charge in [0.2, 0.25) is 5.91 Å². The Morgan fingerprint density at radius 3 is 1.95 bits per heavy atom. The number of nitrogens with two attached hydrogens (primary N) is 1. The second-order valence-electron chi connectivity index (χ2n) is 10.5. The summed E-state index contributed by atoms with van der Waals surface area (Å²) in [5.74, 6) is -4.20. The smallest absolute Gasteiger partial charge is 0.382 e. The van der Waals surface area contributed by atoms with E-state index in [1.165, 1.54) is 60.7 Å². The summed E-state index contributed by atoms with van der Waals surface area (Å²) in [4.78, 5) is 13.0. The van der Waals surface area contributed by atoms with Crippen molar-refractivity contribution >= 4 is 5.91 Å². The normalized spacial score (nSPS) is 16.9. The molecule has 1 fully saturated rings. The third-order valence-electron chi connectivity index (χ3n) is 7.72. The Morgan fingerprint density at radius 1 is 0.977 bits per heavy atom. The van der Waals surface area contributed by atoms with E-state index in [9.17, 15) is 41.5 Å². The van der Waals surface area contributed by atoms with Crippen LogP contribution in [0.15, 0.2) is 66.7 Å². The number of carbonyl (C=O) groups excluding carboxylic acids is 1. The van der Waals surface area contributed by atoms with E-state index >= 15 is 0 Å². The first-order valence-electron chi connectivity index (χ1n) is 13.2. The Kier molecular flexibility index (Phi) is 9.14. The molecule has 0 bridgehead atoms. The van der Waals surface area contributed by atoms with Crippen molar-refractivity contribution in [1.82, 2.24) is 5.32 Å². The first-order valence-corrected chi connectivity index (χ1v) is 13.2. The predicted molar refractivity (Wildman–Crippen MR) is 143 cm³/mol. The molecule has 0 heterocycles. The number of halogens is 6. The average Bonchev–Trinajstić information content (AvgIpc) is 3.82. The molecule has 0 radical (unpaired) electrons. The van der Waals surface area contributed by atoms with Crippen molar-refractivity contribution in [3.05, 3.63) is 94.8 Å². The molecule has 224 valence electrons. The number of nitriles is 2. The molecule has 0 saturated heterocycles. The predicted octanol–water partition coefficient (Wildman–Crippen LogP) is 5.87. The fraction of sp³-hybridized carbons (Fsp3) is 0.323. The molecule has 0 spiro atoms. The average molecular weight is 601 g/mol. The van der Waals surface area contributed by atoms with Crippen LogP contribution in [0.1, 0.15) is 47.2 Å². The van der Waals surface area contributed by atoms with Gasteiger partial charge in [0, 0.05) is 0 Å². The maximum absolute atomic E-state index is 14.7. The first-order chi connectivity index (χ1) is 20.3. The molecule has 0 aromatic heterocycles. The first kappa shape index (κ1) is 31.5. The quantitative estimate of drug-likeness (QED) is 0.238. The van der Waals surface area contributed by atoms with E-state index in [0.717, 1.165) is 6.07 Å². The van der Waals surface area contributed by atoms with Crippen LogP contribution in [0.25, 0.3) is 11.1 Å². The maximum atomic E-state index is 14.7. The van der Waals surface area contributed by atoms with E-state index in [-0.39, 0.29) is 22.3 Å². The molecular formula is C31H26F6N4O2. The lowest BCUT2D eigenvalue weighted by atomic mass is 9.75. The van der Waals surface area contributed by atoms with Crippen LogP contribution in [0.4, 0.5) is 26.3 Å². The number of hydrogen-bond acceptors (Lipinski definition) is 5. The van der Waals surface area contributed by atoms with E-state index in [2.05, 4.69) is 5.32 Å². The van der Waals surface area contributed by atoms with Gasteiger partial charge < -0.3 is 10.8 Å². The molecule has 4 rings (SSSR count). The number of nitrogens with one attached hydrogen (secondary N) is 1. The highest BCUT2D eigenvalue weighted by Crippen LogP contribution is 2.48. The summed E-state index contributed by atoms with van der Waals surface area (Å²) >= 11 is 0. The van der Waals surface area contributed by atoms with E-state index in [1.807, 2.05) is 6.07 Å². The van der Waals surface area contributed by atoms with Crippen LogP contribution in [0.2, 0.25) is 0 Å². The summed E-state index contributed by atoms with van der Waals surface area (Å²) in [6.45, 7) is 0. The molecule has 3 aromatic rings. The molecular weight excluding hydrogens is 574 g/mol. The number of aliphatic hydroxyl groups excluding tert-OH is 1. The van der Waals surface area contributed by atoms with Crippen molar-refractivity contribution in [2.75, 3.05) is 0 Å². The zero-order valence-corrected chi connectivity index (χ0v) is 22.5. The SMILES string of the molecule is N#Cc1ccc(C[C@H](C#N)C(N[C@@H](c2ccc(-c3ccc([C@@H](O)C(F)F)cc3)cc2)C(F)(F)F)(C(N)=O)C2CC2)c(F)c1. The van der Waals surface area contributed by atoms with Crippen molar-refractivity contribution in [2.24, 2.45) is 17.6 Å². The highest BCUT2D eigenvalue weighted by Gasteiger charge is 2.59. The lowest BCUT2D eigenvalue weighted by Crippen LogP contribution is -2.64. The maximum Gasteiger partial charge on any atom is 0.407 e. The van der Waals surface area contributed by atoms with Crippen molar-refractivity contribution < 1.29 is 36.2 Å². The lowest BCUT2D eigenvalue weighted by Gasteiger charge is -2.40. The van der Waals surface area contributed by atoms with Crippen LogP contribution in [0.3, 0.4) is 0 Å². The van der Waals surface area contributed by atoms with Crippen molar-refractivity contribution in [3.63, 3.8) is 0 Å². The number of amides is 1. The number of nitrogens with zero attached hydrogens (tertiary/aromatic N) is 2. The Hall–Kier alpha value is -4.39. The monoisotopic (exact) mass is 600 g/mol. The molecule has 1 unspecified atom stereocenters. The minimum absolute atomic E-state index is 0.0125. The molecule has 12 heteroatoms. The number of hydrogen-bond donors (Lipinski definition) is 3. The van der Waals surface area contributed by atoms with Gasteiger partial charge in [0.1, 0.15) is 23.5 Å². The molecule has 4 atom stereocenters. The van der Waals surface area contributed by atoms with Gasteiger partial charge in [-0.25, -0.2) is 13.2 Å². The van der Waals surface area contributed by atoms with Crippen molar-refractivity contribution in [3.8, 4) is 23.3 Å². The molecule has 43 heavy (non-hydrogen) atoms. The molecule has 1 aliphatic carbocycles. The number of primary amides is 1. The summed E-state index contributed by atoms with van der Waals surface area (Å²) < 4.78 is 84.0. The van der Waals surface area contributed by atoms with Crippen LogP contribution in [-0.4, -0.2) is 29.2 Å². The number of carbonyl (C=O) groups is 1. The standard InChI is InChI=1S/C31H26F6N4O2/c32-25-13-17(15-38)1-2-22(25)14-24(16-39)30(29(40)43,23-11-12-23)41-27(31(35,36)37)21-9-5-19(6-10-21)18-3-7-20(8-4-18)26(42)28(33)34/h1-10,13,23-24,26-28,41-42H,11-12,14H2,(H2,40,43)/t24-,26-,27+,30?/m1/s1. The van der Waals surface area contributed by atoms with Gasteiger partial charge in [-0.2, -0.15) is 23.7 Å². The van der Waals surface area contributed by atoms with Gasteiger partial charge in [-0.05, 0) is 65.1 Å². The largest absolute Gasteiger partial charge is 0.407 e. The number of benzene rings is 3. The van der Waals surface area contributed by atoms with Crippen LogP contribution >= 0.6 is 0 Å². The van der Waals surface area contributed by atoms with E-state index in [4.69, 9.17) is 11.0 Å². The van der Waals surface area contributed by atoms with Crippen molar-refractivity contribution in [2.45, 2.75) is 49.5 Å². The molecule has 6 nitrogen and oxygen atoms in total. The summed E-state index contributed by atoms with van der Waals surface area (Å²) in [7, 11) is 0. The second-order valence-corrected chi connectivity index (χ2v) is 10.5. The Bertz CT molecular complexity index is 1540. The van der Waals surface area contributed by atoms with Gasteiger partial charge in [0.25, 0.3) is 6.43 Å². The van der Waals surface area contributed by atoms with Gasteiger partial charge >= 0.3 is 6.18 Å². The van der Waals surface area contributed by atoms with Gasteiger partial charge in [0.05, 0.1) is 23.6 Å². The molecule has 0 aliphatic heterocycles. The summed E-state index contributed by atoms with van der Waals surface area (Å²) in [6, 6.07) is 15.3. The third-order valence-corrected chi connectivity index (χ3v) is 7.72. The Morgan fingerprint density at radius 2 is 1.53 bits per heavy atom. The van der Waals surface area contributed by atoms with Gasteiger partial charge in [0.15, 0.2) is 0 Å². The number of rotatable bonds is 11. The highest BCUT2D eigenvalue weighted by molar-refractivity contribution is 5.86. The molecule has 3 aromatic carbocycles. The van der Waals surface area contributed by atoms with Crippen molar-refractivity contribution in [1.29, 1.82) is 10.5 Å². The highest BCUT2D eigenvalue weighted by atomic mass is 19.4. The summed E-state index contributed by atoms with van der Waals surface area (Å²) in [6.07, 6.45) is -9.68. The lowest BCUT2D eigenvalue weighted by molar-refractivity contribution is -0.167. The Labute approximate surface area is 243 Å². The van der Waals surface area contributed by atoms with E-state index in [0.29, 0.717) is 24.0 Å². The number of alkyl halides is 5. The molecule has 1 saturated carbocycles. The molecule has 1 aliphatic rings. The van der Waals surface area contributed by atoms with Crippen LogP contribution in [-0.2, 0) is 11.2 Å². The van der Waals surface area contributed by atoms with Gasteiger partial charge in [-0.15, -0.1) is 0 Å². The fourth-order valence-corrected chi connectivity index (χ4v) is 5.28. The molecule has 1 amide bonds. The Balaban J connectivity index is 1.67. The van der Waals surface area contributed by atoms with E-state index in [1.54, 1.807) is 6.07 Å². The minimum Gasteiger partial charge on any atom is -0.382 e. The van der Waals surface area contributed by atoms with Crippen LogP contribution in [0.5, 0.6) is 0 Å². The topological polar surface area (TPSA) is 123 Å².